The van der Waals surface area contributed by atoms with Gasteiger partial charge in [0, 0.05) is 35.8 Å². The lowest BCUT2D eigenvalue weighted by Gasteiger charge is -2.34. The number of hydrogen-bond acceptors (Lipinski definition) is 3. The second kappa shape index (κ2) is 5.50. The molecule has 5 nitrogen and oxygen atoms in total. The summed E-state index contributed by atoms with van der Waals surface area (Å²) < 4.78 is 8.68. The van der Waals surface area contributed by atoms with Crippen molar-refractivity contribution in [2.24, 2.45) is 5.73 Å². The lowest BCUT2D eigenvalue weighted by atomic mass is 10.1. The molecule has 2 heterocycles. The third-order valence-electron chi connectivity index (χ3n) is 3.94. The van der Waals surface area contributed by atoms with E-state index >= 15 is 0 Å². The molecule has 1 aliphatic heterocycles. The molecular weight excluding hydrogens is 322 g/mol. The molecule has 0 radical (unpaired) electrons. The van der Waals surface area contributed by atoms with E-state index in [0.717, 1.165) is 23.0 Å². The summed E-state index contributed by atoms with van der Waals surface area (Å²) in [5, 5.41) is 0. The Labute approximate surface area is 127 Å². The zero-order chi connectivity index (χ0) is 14.3. The average molecular weight is 342 g/mol. The van der Waals surface area contributed by atoms with Crippen LogP contribution in [-0.4, -0.2) is 47.2 Å². The van der Waals surface area contributed by atoms with Gasteiger partial charge in [-0.05, 0) is 41.8 Å². The standard InChI is InChI=1S/C14H20BrN3O2/c1-9(16)13-8-17(4-5-20-13)14(19)12-6-10(15)7-18(12)11-2-3-11/h6-7,9,11,13H,2-5,8,16H2,1H3. The summed E-state index contributed by atoms with van der Waals surface area (Å²) in [4.78, 5) is 14.6. The van der Waals surface area contributed by atoms with E-state index in [1.807, 2.05) is 24.1 Å². The molecule has 2 aliphatic rings. The van der Waals surface area contributed by atoms with Gasteiger partial charge in [-0.2, -0.15) is 0 Å². The first kappa shape index (κ1) is 14.1. The third-order valence-corrected chi connectivity index (χ3v) is 4.38. The molecule has 1 aromatic heterocycles. The van der Waals surface area contributed by atoms with E-state index in [1.165, 1.54) is 0 Å². The largest absolute Gasteiger partial charge is 0.373 e. The maximum atomic E-state index is 12.7. The molecule has 6 heteroatoms. The first-order chi connectivity index (χ1) is 9.56. The Balaban J connectivity index is 1.78. The molecule has 2 unspecified atom stereocenters. The summed E-state index contributed by atoms with van der Waals surface area (Å²) in [7, 11) is 0. The molecule has 20 heavy (non-hydrogen) atoms. The number of carbonyl (C=O) groups excluding carboxylic acids is 1. The van der Waals surface area contributed by atoms with E-state index in [0.29, 0.717) is 25.7 Å². The molecule has 1 saturated carbocycles. The lowest BCUT2D eigenvalue weighted by molar-refractivity contribution is -0.0303. The predicted octanol–water partition coefficient (Wildman–Crippen LogP) is 1.77. The molecule has 3 rings (SSSR count). The topological polar surface area (TPSA) is 60.5 Å². The van der Waals surface area contributed by atoms with Gasteiger partial charge in [-0.1, -0.05) is 0 Å². The van der Waals surface area contributed by atoms with Crippen LogP contribution in [0, 0.1) is 0 Å². The van der Waals surface area contributed by atoms with Crippen molar-refractivity contribution in [1.82, 2.24) is 9.47 Å². The molecule has 1 amide bonds. The number of amides is 1. The van der Waals surface area contributed by atoms with E-state index in [1.54, 1.807) is 0 Å². The second-order valence-electron chi connectivity index (χ2n) is 5.70. The smallest absolute Gasteiger partial charge is 0.270 e. The highest BCUT2D eigenvalue weighted by Crippen LogP contribution is 2.37. The number of rotatable bonds is 3. The number of nitrogens with two attached hydrogens (primary N) is 1. The summed E-state index contributed by atoms with van der Waals surface area (Å²) in [6, 6.07) is 2.34. The predicted molar refractivity (Wildman–Crippen MR) is 79.7 cm³/mol. The number of ether oxygens (including phenoxy) is 1. The van der Waals surface area contributed by atoms with Crippen LogP contribution in [0.5, 0.6) is 0 Å². The Morgan fingerprint density at radius 2 is 2.30 bits per heavy atom. The van der Waals surface area contributed by atoms with Crippen LogP contribution in [0.1, 0.15) is 36.3 Å². The van der Waals surface area contributed by atoms with Gasteiger partial charge in [0.1, 0.15) is 5.69 Å². The quantitative estimate of drug-likeness (QED) is 0.911. The Bertz CT molecular complexity index is 511. The van der Waals surface area contributed by atoms with Crippen molar-refractivity contribution in [3.05, 3.63) is 22.4 Å². The van der Waals surface area contributed by atoms with Crippen molar-refractivity contribution in [3.63, 3.8) is 0 Å². The fourth-order valence-electron chi connectivity index (χ4n) is 2.61. The maximum Gasteiger partial charge on any atom is 0.270 e. The first-order valence-corrected chi connectivity index (χ1v) is 7.89. The molecule has 110 valence electrons. The van der Waals surface area contributed by atoms with Crippen LogP contribution in [0.3, 0.4) is 0 Å². The van der Waals surface area contributed by atoms with Gasteiger partial charge in [0.25, 0.3) is 5.91 Å². The van der Waals surface area contributed by atoms with Gasteiger partial charge in [-0.3, -0.25) is 4.79 Å². The molecule has 1 aromatic rings. The van der Waals surface area contributed by atoms with Crippen molar-refractivity contribution < 1.29 is 9.53 Å². The third kappa shape index (κ3) is 2.77. The van der Waals surface area contributed by atoms with Gasteiger partial charge in [-0.25, -0.2) is 0 Å². The SMILES string of the molecule is CC(N)C1CN(C(=O)c2cc(Br)cn2C2CC2)CCO1. The molecule has 0 spiro atoms. The highest BCUT2D eigenvalue weighted by molar-refractivity contribution is 9.10. The Hall–Kier alpha value is -0.850. The Morgan fingerprint density at radius 3 is 2.95 bits per heavy atom. The number of hydrogen-bond donors (Lipinski definition) is 1. The fourth-order valence-corrected chi connectivity index (χ4v) is 3.05. The van der Waals surface area contributed by atoms with Gasteiger partial charge in [0.15, 0.2) is 0 Å². The Kier molecular flexibility index (Phi) is 3.88. The van der Waals surface area contributed by atoms with Crippen LogP contribution >= 0.6 is 15.9 Å². The van der Waals surface area contributed by atoms with Gasteiger partial charge in [-0.15, -0.1) is 0 Å². The summed E-state index contributed by atoms with van der Waals surface area (Å²) >= 11 is 3.47. The minimum Gasteiger partial charge on any atom is -0.373 e. The van der Waals surface area contributed by atoms with Crippen molar-refractivity contribution in [2.45, 2.75) is 38.0 Å². The van der Waals surface area contributed by atoms with Crippen LogP contribution in [0.25, 0.3) is 0 Å². The van der Waals surface area contributed by atoms with Crippen molar-refractivity contribution in [2.75, 3.05) is 19.7 Å². The zero-order valence-electron chi connectivity index (χ0n) is 11.6. The van der Waals surface area contributed by atoms with Gasteiger partial charge < -0.3 is 19.9 Å². The number of morpholine rings is 1. The monoisotopic (exact) mass is 341 g/mol. The van der Waals surface area contributed by atoms with Crippen molar-refractivity contribution in [3.8, 4) is 0 Å². The fraction of sp³-hybridized carbons (Fsp3) is 0.643. The van der Waals surface area contributed by atoms with Crippen LogP contribution in [-0.2, 0) is 4.74 Å². The first-order valence-electron chi connectivity index (χ1n) is 7.10. The van der Waals surface area contributed by atoms with Crippen molar-refractivity contribution >= 4 is 21.8 Å². The Morgan fingerprint density at radius 1 is 1.55 bits per heavy atom. The van der Waals surface area contributed by atoms with Crippen LogP contribution in [0.15, 0.2) is 16.7 Å². The molecule has 2 fully saturated rings. The minimum absolute atomic E-state index is 0.0625. The van der Waals surface area contributed by atoms with E-state index in [-0.39, 0.29) is 18.1 Å². The van der Waals surface area contributed by atoms with E-state index in [2.05, 4.69) is 20.5 Å². The number of carbonyl (C=O) groups is 1. The lowest BCUT2D eigenvalue weighted by Crippen LogP contribution is -2.51. The van der Waals surface area contributed by atoms with Crippen LogP contribution in [0.2, 0.25) is 0 Å². The molecule has 0 bridgehead atoms. The van der Waals surface area contributed by atoms with E-state index in [4.69, 9.17) is 10.5 Å². The number of halogens is 1. The van der Waals surface area contributed by atoms with Gasteiger partial charge in [0.2, 0.25) is 0 Å². The second-order valence-corrected chi connectivity index (χ2v) is 6.62. The molecule has 2 atom stereocenters. The molecule has 1 aliphatic carbocycles. The van der Waals surface area contributed by atoms with E-state index < -0.39 is 0 Å². The minimum atomic E-state index is -0.0690. The normalized spacial score (nSPS) is 24.8. The summed E-state index contributed by atoms with van der Waals surface area (Å²) in [5.41, 5.74) is 6.65. The zero-order valence-corrected chi connectivity index (χ0v) is 13.2. The van der Waals surface area contributed by atoms with Gasteiger partial charge in [0.05, 0.1) is 12.7 Å². The van der Waals surface area contributed by atoms with Gasteiger partial charge >= 0.3 is 0 Å². The molecular formula is C14H20BrN3O2. The maximum absolute atomic E-state index is 12.7. The molecule has 1 saturated heterocycles. The van der Waals surface area contributed by atoms with Crippen LogP contribution in [0.4, 0.5) is 0 Å². The highest BCUT2D eigenvalue weighted by Gasteiger charge is 2.32. The molecule has 2 N–H and O–H groups in total. The van der Waals surface area contributed by atoms with Crippen LogP contribution < -0.4 is 5.73 Å². The summed E-state index contributed by atoms with van der Waals surface area (Å²) in [6.07, 6.45) is 4.26. The van der Waals surface area contributed by atoms with Crippen molar-refractivity contribution in [1.29, 1.82) is 0 Å². The summed E-state index contributed by atoms with van der Waals surface area (Å²) in [6.45, 7) is 3.69. The average Bonchev–Trinajstić information content (AvgIpc) is 3.21. The molecule has 0 aromatic carbocycles. The van der Waals surface area contributed by atoms with E-state index in [9.17, 15) is 4.79 Å². The number of nitrogens with zero attached hydrogens (tertiary/aromatic N) is 2. The summed E-state index contributed by atoms with van der Waals surface area (Å²) in [5.74, 6) is 0.0801. The highest BCUT2D eigenvalue weighted by atomic mass is 79.9. The number of aromatic nitrogens is 1.